The predicted octanol–water partition coefficient (Wildman–Crippen LogP) is 2.06. The summed E-state index contributed by atoms with van der Waals surface area (Å²) in [4.78, 5) is 10.9. The first-order chi connectivity index (χ1) is 6.79. The summed E-state index contributed by atoms with van der Waals surface area (Å²) in [5.74, 6) is 0.123. The fraction of sp³-hybridized carbons (Fsp3) is 0.909. The lowest BCUT2D eigenvalue weighted by atomic mass is 9.77. The van der Waals surface area contributed by atoms with Gasteiger partial charge in [0, 0.05) is 12.5 Å². The van der Waals surface area contributed by atoms with E-state index in [0.717, 1.165) is 6.42 Å². The number of carboxylic acids is 1. The Morgan fingerprint density at radius 1 is 1.14 bits per heavy atom. The summed E-state index contributed by atoms with van der Waals surface area (Å²) in [5.41, 5.74) is 0. The Bertz CT molecular complexity index is 209. The van der Waals surface area contributed by atoms with Crippen molar-refractivity contribution >= 4 is 5.97 Å². The van der Waals surface area contributed by atoms with E-state index in [4.69, 9.17) is 9.84 Å². The molecule has 14 heavy (non-hydrogen) atoms. The summed E-state index contributed by atoms with van der Waals surface area (Å²) < 4.78 is 5.28. The van der Waals surface area contributed by atoms with E-state index in [1.54, 1.807) is 0 Å². The van der Waals surface area contributed by atoms with Crippen molar-refractivity contribution in [3.63, 3.8) is 0 Å². The van der Waals surface area contributed by atoms with Crippen molar-refractivity contribution in [1.82, 2.24) is 0 Å². The molecule has 0 spiro atoms. The van der Waals surface area contributed by atoms with Gasteiger partial charge in [-0.1, -0.05) is 32.1 Å². The van der Waals surface area contributed by atoms with Gasteiger partial charge in [0.25, 0.3) is 0 Å². The average molecular weight is 198 g/mol. The van der Waals surface area contributed by atoms with Crippen molar-refractivity contribution in [3.05, 3.63) is 0 Å². The minimum atomic E-state index is -0.766. The van der Waals surface area contributed by atoms with Gasteiger partial charge in [0.15, 0.2) is 6.10 Å². The van der Waals surface area contributed by atoms with Crippen LogP contribution in [0.3, 0.4) is 0 Å². The Kier molecular flexibility index (Phi) is 3.06. The van der Waals surface area contributed by atoms with E-state index in [1.165, 1.54) is 32.1 Å². The van der Waals surface area contributed by atoms with Crippen LogP contribution < -0.4 is 0 Å². The highest BCUT2D eigenvalue weighted by atomic mass is 16.5. The highest BCUT2D eigenvalue weighted by Crippen LogP contribution is 2.37. The van der Waals surface area contributed by atoms with Crippen LogP contribution in [0.5, 0.6) is 0 Å². The third-order valence-electron chi connectivity index (χ3n) is 3.64. The second-order valence-electron chi connectivity index (χ2n) is 4.48. The number of hydrogen-bond acceptors (Lipinski definition) is 2. The van der Waals surface area contributed by atoms with Crippen LogP contribution in [0.2, 0.25) is 0 Å². The molecule has 0 bridgehead atoms. The minimum Gasteiger partial charge on any atom is -0.479 e. The fourth-order valence-corrected chi connectivity index (χ4v) is 2.91. The molecule has 1 saturated heterocycles. The topological polar surface area (TPSA) is 46.5 Å². The predicted molar refractivity (Wildman–Crippen MR) is 52.1 cm³/mol. The van der Waals surface area contributed by atoms with Crippen molar-refractivity contribution in [1.29, 1.82) is 0 Å². The summed E-state index contributed by atoms with van der Waals surface area (Å²) in [7, 11) is 0. The Labute approximate surface area is 84.4 Å². The third-order valence-corrected chi connectivity index (χ3v) is 3.64. The van der Waals surface area contributed by atoms with Crippen molar-refractivity contribution in [3.8, 4) is 0 Å². The Morgan fingerprint density at radius 2 is 1.86 bits per heavy atom. The van der Waals surface area contributed by atoms with Gasteiger partial charge >= 0.3 is 5.97 Å². The van der Waals surface area contributed by atoms with Gasteiger partial charge in [-0.05, 0) is 12.3 Å². The molecular weight excluding hydrogens is 180 g/mol. The van der Waals surface area contributed by atoms with Gasteiger partial charge in [0.05, 0.1) is 0 Å². The molecule has 1 heterocycles. The maximum atomic E-state index is 10.9. The van der Waals surface area contributed by atoms with E-state index >= 15 is 0 Å². The lowest BCUT2D eigenvalue weighted by molar-refractivity contribution is -0.150. The number of rotatable bonds is 2. The van der Waals surface area contributed by atoms with Gasteiger partial charge < -0.3 is 9.84 Å². The number of carbonyl (C=O) groups is 1. The summed E-state index contributed by atoms with van der Waals surface area (Å²) in [6.07, 6.45) is 6.71. The first kappa shape index (κ1) is 9.97. The minimum absolute atomic E-state index is 0.285. The SMILES string of the molecule is O=C(O)C1OCCC1C1CCCCC1. The molecule has 1 saturated carbocycles. The maximum Gasteiger partial charge on any atom is 0.333 e. The molecule has 0 amide bonds. The molecule has 0 aromatic carbocycles. The molecule has 1 aliphatic carbocycles. The summed E-state index contributed by atoms with van der Waals surface area (Å²) in [6.45, 7) is 0.637. The van der Waals surface area contributed by atoms with Crippen molar-refractivity contribution < 1.29 is 14.6 Å². The van der Waals surface area contributed by atoms with E-state index in [-0.39, 0.29) is 5.92 Å². The number of ether oxygens (including phenoxy) is 1. The van der Waals surface area contributed by atoms with Crippen LogP contribution in [0.4, 0.5) is 0 Å². The van der Waals surface area contributed by atoms with E-state index < -0.39 is 12.1 Å². The molecule has 2 rings (SSSR count). The molecule has 2 aliphatic rings. The first-order valence-electron chi connectivity index (χ1n) is 5.63. The summed E-state index contributed by atoms with van der Waals surface area (Å²) >= 11 is 0. The van der Waals surface area contributed by atoms with Crippen molar-refractivity contribution in [2.24, 2.45) is 11.8 Å². The summed E-state index contributed by atoms with van der Waals surface area (Å²) in [6, 6.07) is 0. The van der Waals surface area contributed by atoms with E-state index in [1.807, 2.05) is 0 Å². The lowest BCUT2D eigenvalue weighted by Gasteiger charge is -2.28. The molecule has 2 unspecified atom stereocenters. The normalized spacial score (nSPS) is 34.6. The summed E-state index contributed by atoms with van der Waals surface area (Å²) in [5, 5.41) is 8.99. The monoisotopic (exact) mass is 198 g/mol. The smallest absolute Gasteiger partial charge is 0.333 e. The highest BCUT2D eigenvalue weighted by Gasteiger charge is 2.39. The fourth-order valence-electron chi connectivity index (χ4n) is 2.91. The molecule has 0 aromatic rings. The molecular formula is C11H18O3. The van der Waals surface area contributed by atoms with Gasteiger partial charge in [0.2, 0.25) is 0 Å². The van der Waals surface area contributed by atoms with Crippen molar-refractivity contribution in [2.75, 3.05) is 6.61 Å². The zero-order valence-electron chi connectivity index (χ0n) is 8.45. The molecule has 2 fully saturated rings. The molecule has 1 N–H and O–H groups in total. The molecule has 80 valence electrons. The Morgan fingerprint density at radius 3 is 2.50 bits per heavy atom. The van der Waals surface area contributed by atoms with Crippen LogP contribution in [-0.2, 0) is 9.53 Å². The van der Waals surface area contributed by atoms with E-state index in [9.17, 15) is 4.79 Å². The largest absolute Gasteiger partial charge is 0.479 e. The zero-order chi connectivity index (χ0) is 9.97. The van der Waals surface area contributed by atoms with Gasteiger partial charge in [-0.25, -0.2) is 4.79 Å². The van der Waals surface area contributed by atoms with E-state index in [0.29, 0.717) is 12.5 Å². The Hall–Kier alpha value is -0.570. The molecule has 0 radical (unpaired) electrons. The third kappa shape index (κ3) is 1.92. The van der Waals surface area contributed by atoms with Gasteiger partial charge in [-0.3, -0.25) is 0 Å². The maximum absolute atomic E-state index is 10.9. The van der Waals surface area contributed by atoms with Crippen LogP contribution in [0.25, 0.3) is 0 Å². The zero-order valence-corrected chi connectivity index (χ0v) is 8.45. The van der Waals surface area contributed by atoms with Gasteiger partial charge in [-0.2, -0.15) is 0 Å². The molecule has 2 atom stereocenters. The lowest BCUT2D eigenvalue weighted by Crippen LogP contribution is -2.32. The second kappa shape index (κ2) is 4.30. The molecule has 0 aromatic heterocycles. The van der Waals surface area contributed by atoms with Crippen LogP contribution >= 0.6 is 0 Å². The van der Waals surface area contributed by atoms with Crippen molar-refractivity contribution in [2.45, 2.75) is 44.6 Å². The first-order valence-corrected chi connectivity index (χ1v) is 5.63. The molecule has 3 nitrogen and oxygen atoms in total. The van der Waals surface area contributed by atoms with Crippen LogP contribution in [0.1, 0.15) is 38.5 Å². The van der Waals surface area contributed by atoms with Crippen LogP contribution in [-0.4, -0.2) is 23.8 Å². The molecule has 3 heteroatoms. The number of aliphatic carboxylic acids is 1. The quantitative estimate of drug-likeness (QED) is 0.738. The Balaban J connectivity index is 1.97. The number of carboxylic acid groups (broad SMARTS) is 1. The standard InChI is InChI=1S/C11H18O3/c12-11(13)10-9(6-7-14-10)8-4-2-1-3-5-8/h8-10H,1-7H2,(H,12,13). The highest BCUT2D eigenvalue weighted by molar-refractivity contribution is 5.73. The molecule has 1 aliphatic heterocycles. The average Bonchev–Trinajstić information content (AvgIpc) is 2.67. The van der Waals surface area contributed by atoms with Gasteiger partial charge in [0.1, 0.15) is 0 Å². The number of hydrogen-bond donors (Lipinski definition) is 1. The van der Waals surface area contributed by atoms with Crippen LogP contribution in [0, 0.1) is 11.8 Å². The van der Waals surface area contributed by atoms with E-state index in [2.05, 4.69) is 0 Å². The van der Waals surface area contributed by atoms with Crippen LogP contribution in [0.15, 0.2) is 0 Å². The van der Waals surface area contributed by atoms with Gasteiger partial charge in [-0.15, -0.1) is 0 Å². The second-order valence-corrected chi connectivity index (χ2v) is 4.48.